The number of carbonyl (C=O) groups is 1. The summed E-state index contributed by atoms with van der Waals surface area (Å²) in [4.78, 5) is 15.5. The molecule has 1 aromatic heterocycles. The highest BCUT2D eigenvalue weighted by Crippen LogP contribution is 2.19. The van der Waals surface area contributed by atoms with Crippen molar-refractivity contribution in [2.24, 2.45) is 17.8 Å². The fourth-order valence-electron chi connectivity index (χ4n) is 2.09. The summed E-state index contributed by atoms with van der Waals surface area (Å²) >= 11 is 0. The lowest BCUT2D eigenvalue weighted by atomic mass is 9.85. The number of halogens is 1. The van der Waals surface area contributed by atoms with Gasteiger partial charge in [0.1, 0.15) is 5.82 Å². The van der Waals surface area contributed by atoms with Crippen LogP contribution in [0.1, 0.15) is 38.1 Å². The maximum atomic E-state index is 12.9. The van der Waals surface area contributed by atoms with E-state index in [1.807, 2.05) is 0 Å². The molecule has 4 heteroatoms. The van der Waals surface area contributed by atoms with Gasteiger partial charge in [0.15, 0.2) is 0 Å². The van der Waals surface area contributed by atoms with Gasteiger partial charge in [0.25, 0.3) is 5.91 Å². The van der Waals surface area contributed by atoms with Crippen LogP contribution in [0.25, 0.3) is 0 Å². The van der Waals surface area contributed by atoms with Crippen molar-refractivity contribution in [2.45, 2.75) is 27.7 Å². The summed E-state index contributed by atoms with van der Waals surface area (Å²) in [6.07, 6.45) is 2.46. The average molecular weight is 252 g/mol. The second-order valence-electron chi connectivity index (χ2n) is 5.25. The van der Waals surface area contributed by atoms with E-state index in [9.17, 15) is 9.18 Å². The lowest BCUT2D eigenvalue weighted by molar-refractivity contribution is 0.0936. The zero-order chi connectivity index (χ0) is 13.7. The van der Waals surface area contributed by atoms with Crippen molar-refractivity contribution in [3.05, 3.63) is 29.8 Å². The third-order valence-electron chi connectivity index (χ3n) is 3.18. The molecule has 18 heavy (non-hydrogen) atoms. The Morgan fingerprint density at radius 2 is 1.89 bits per heavy atom. The van der Waals surface area contributed by atoms with Gasteiger partial charge in [-0.3, -0.25) is 9.78 Å². The van der Waals surface area contributed by atoms with Gasteiger partial charge in [-0.25, -0.2) is 4.39 Å². The molecule has 1 N–H and O–H groups in total. The molecule has 0 saturated carbocycles. The molecule has 0 spiro atoms. The molecule has 0 aliphatic rings. The molecule has 1 aromatic rings. The molecule has 0 aliphatic heterocycles. The number of carbonyl (C=O) groups excluding carboxylic acids is 1. The van der Waals surface area contributed by atoms with Gasteiger partial charge in [0, 0.05) is 12.7 Å². The highest BCUT2D eigenvalue weighted by Gasteiger charge is 2.18. The lowest BCUT2D eigenvalue weighted by Crippen LogP contribution is -2.34. The molecule has 0 aliphatic carbocycles. The largest absolute Gasteiger partial charge is 0.352 e. The van der Waals surface area contributed by atoms with Gasteiger partial charge in [-0.15, -0.1) is 0 Å². The Morgan fingerprint density at radius 1 is 1.28 bits per heavy atom. The van der Waals surface area contributed by atoms with Gasteiger partial charge in [0.2, 0.25) is 0 Å². The molecular weight excluding hydrogens is 231 g/mol. The van der Waals surface area contributed by atoms with Crippen LogP contribution in [0, 0.1) is 23.6 Å². The van der Waals surface area contributed by atoms with E-state index < -0.39 is 5.82 Å². The zero-order valence-corrected chi connectivity index (χ0v) is 11.4. The second kappa shape index (κ2) is 6.47. The third-order valence-corrected chi connectivity index (χ3v) is 3.18. The van der Waals surface area contributed by atoms with Gasteiger partial charge < -0.3 is 5.32 Å². The van der Waals surface area contributed by atoms with Crippen molar-refractivity contribution in [1.82, 2.24) is 10.3 Å². The Kier molecular flexibility index (Phi) is 5.25. The van der Waals surface area contributed by atoms with Crippen molar-refractivity contribution >= 4 is 5.91 Å². The van der Waals surface area contributed by atoms with Crippen LogP contribution in [0.15, 0.2) is 18.5 Å². The molecule has 1 rings (SSSR count). The number of hydrogen-bond acceptors (Lipinski definition) is 2. The zero-order valence-electron chi connectivity index (χ0n) is 11.4. The molecule has 0 saturated heterocycles. The van der Waals surface area contributed by atoms with E-state index in [0.717, 1.165) is 6.20 Å². The number of rotatable bonds is 5. The predicted octanol–water partition coefficient (Wildman–Crippen LogP) is 2.88. The van der Waals surface area contributed by atoms with Crippen LogP contribution in [0.2, 0.25) is 0 Å². The first-order valence-electron chi connectivity index (χ1n) is 6.30. The van der Waals surface area contributed by atoms with E-state index >= 15 is 0 Å². The minimum atomic E-state index is -0.494. The average Bonchev–Trinajstić information content (AvgIpc) is 2.28. The van der Waals surface area contributed by atoms with E-state index in [0.29, 0.717) is 24.3 Å². The Morgan fingerprint density at radius 3 is 2.39 bits per heavy atom. The van der Waals surface area contributed by atoms with Crippen molar-refractivity contribution < 1.29 is 9.18 Å². The number of hydrogen-bond donors (Lipinski definition) is 1. The first kappa shape index (κ1) is 14.6. The van der Waals surface area contributed by atoms with E-state index in [-0.39, 0.29) is 11.5 Å². The summed E-state index contributed by atoms with van der Waals surface area (Å²) < 4.78 is 12.9. The number of nitrogens with one attached hydrogen (secondary N) is 1. The van der Waals surface area contributed by atoms with Crippen LogP contribution in [0.3, 0.4) is 0 Å². The van der Waals surface area contributed by atoms with Crippen LogP contribution in [-0.2, 0) is 0 Å². The van der Waals surface area contributed by atoms with E-state index in [4.69, 9.17) is 0 Å². The van der Waals surface area contributed by atoms with Crippen LogP contribution >= 0.6 is 0 Å². The monoisotopic (exact) mass is 252 g/mol. The molecule has 0 unspecified atom stereocenters. The van der Waals surface area contributed by atoms with Crippen LogP contribution in [-0.4, -0.2) is 17.4 Å². The molecule has 1 heterocycles. The quantitative estimate of drug-likeness (QED) is 0.875. The van der Waals surface area contributed by atoms with Gasteiger partial charge in [0.05, 0.1) is 11.8 Å². The minimum Gasteiger partial charge on any atom is -0.352 e. The Balaban J connectivity index is 2.60. The van der Waals surface area contributed by atoms with Crippen molar-refractivity contribution in [3.63, 3.8) is 0 Å². The predicted molar refractivity (Wildman–Crippen MR) is 69.7 cm³/mol. The second-order valence-corrected chi connectivity index (χ2v) is 5.25. The number of amides is 1. The molecule has 3 nitrogen and oxygen atoms in total. The molecule has 0 atom stereocenters. The van der Waals surface area contributed by atoms with E-state index in [1.165, 1.54) is 12.3 Å². The van der Waals surface area contributed by atoms with Gasteiger partial charge in [-0.1, -0.05) is 27.7 Å². The normalized spacial score (nSPS) is 11.3. The molecule has 1 amide bonds. The first-order valence-corrected chi connectivity index (χ1v) is 6.30. The van der Waals surface area contributed by atoms with Crippen LogP contribution < -0.4 is 5.32 Å². The fourth-order valence-corrected chi connectivity index (χ4v) is 2.09. The highest BCUT2D eigenvalue weighted by molar-refractivity contribution is 5.93. The Labute approximate surface area is 108 Å². The number of pyridine rings is 1. The Hall–Kier alpha value is -1.45. The molecule has 0 fully saturated rings. The summed E-state index contributed by atoms with van der Waals surface area (Å²) in [6.45, 7) is 9.16. The van der Waals surface area contributed by atoms with Crippen LogP contribution in [0.4, 0.5) is 4.39 Å². The number of nitrogens with zero attached hydrogens (tertiary/aromatic N) is 1. The smallest absolute Gasteiger partial charge is 0.252 e. The van der Waals surface area contributed by atoms with Crippen LogP contribution in [0.5, 0.6) is 0 Å². The molecule has 0 aromatic carbocycles. The summed E-state index contributed by atoms with van der Waals surface area (Å²) in [5.74, 6) is 0.641. The third kappa shape index (κ3) is 4.09. The SMILES string of the molecule is CC(C)C(CNC(=O)c1cncc(F)c1)C(C)C. The maximum Gasteiger partial charge on any atom is 0.252 e. The Bertz CT molecular complexity index is 397. The standard InChI is InChI=1S/C14H21FN2O/c1-9(2)13(10(3)4)8-17-14(18)11-5-12(15)7-16-6-11/h5-7,9-10,13H,8H2,1-4H3,(H,17,18). The molecular formula is C14H21FN2O. The summed E-state index contributed by atoms with van der Waals surface area (Å²) in [5, 5.41) is 2.84. The molecule has 0 bridgehead atoms. The van der Waals surface area contributed by atoms with E-state index in [1.54, 1.807) is 0 Å². The summed E-state index contributed by atoms with van der Waals surface area (Å²) in [6, 6.07) is 1.20. The topological polar surface area (TPSA) is 42.0 Å². The van der Waals surface area contributed by atoms with Gasteiger partial charge >= 0.3 is 0 Å². The van der Waals surface area contributed by atoms with Gasteiger partial charge in [-0.2, -0.15) is 0 Å². The van der Waals surface area contributed by atoms with E-state index in [2.05, 4.69) is 38.0 Å². The van der Waals surface area contributed by atoms with Crippen molar-refractivity contribution in [1.29, 1.82) is 0 Å². The number of aromatic nitrogens is 1. The highest BCUT2D eigenvalue weighted by atomic mass is 19.1. The first-order chi connectivity index (χ1) is 8.41. The fraction of sp³-hybridized carbons (Fsp3) is 0.571. The maximum absolute atomic E-state index is 12.9. The summed E-state index contributed by atoms with van der Waals surface area (Å²) in [5.41, 5.74) is 0.265. The van der Waals surface area contributed by atoms with Gasteiger partial charge in [-0.05, 0) is 23.8 Å². The minimum absolute atomic E-state index is 0.265. The van der Waals surface area contributed by atoms with Crippen molar-refractivity contribution in [2.75, 3.05) is 6.54 Å². The molecule has 0 radical (unpaired) electrons. The lowest BCUT2D eigenvalue weighted by Gasteiger charge is -2.25. The summed E-state index contributed by atoms with van der Waals surface area (Å²) in [7, 11) is 0. The van der Waals surface area contributed by atoms with Crippen molar-refractivity contribution in [3.8, 4) is 0 Å². The molecule has 100 valence electrons.